The second-order valence-electron chi connectivity index (χ2n) is 19.7. The molecule has 0 spiro atoms. The van der Waals surface area contributed by atoms with Gasteiger partial charge in [0.1, 0.15) is 12.1 Å². The number of amides is 2. The van der Waals surface area contributed by atoms with Crippen LogP contribution in [0, 0.1) is 23.2 Å². The largest absolute Gasteiger partial charge is 0.464 e. The van der Waals surface area contributed by atoms with Crippen LogP contribution in [-0.4, -0.2) is 107 Å². The van der Waals surface area contributed by atoms with Crippen molar-refractivity contribution in [1.82, 2.24) is 35.2 Å². The molecule has 1 aliphatic carbocycles. The van der Waals surface area contributed by atoms with Gasteiger partial charge in [0.2, 0.25) is 5.91 Å². The van der Waals surface area contributed by atoms with Crippen molar-refractivity contribution in [2.24, 2.45) is 23.2 Å². The van der Waals surface area contributed by atoms with Crippen molar-refractivity contribution < 1.29 is 28.6 Å². The number of hydrogen-bond acceptors (Lipinski definition) is 11. The summed E-state index contributed by atoms with van der Waals surface area (Å²) in [5, 5.41) is 8.60. The Morgan fingerprint density at radius 1 is 1.08 bits per heavy atom. The Morgan fingerprint density at radius 3 is 2.52 bits per heavy atom. The molecule has 1 aromatic carbocycles. The number of carbonyl (C=O) groups excluding carboxylic acids is 3. The molecule has 4 aromatic rings. The molecule has 63 heavy (non-hydrogen) atoms. The highest BCUT2D eigenvalue weighted by Crippen LogP contribution is 2.46. The number of fused-ring (bicyclic) bond motifs is 6. The maximum atomic E-state index is 14.5. The fraction of sp³-hybridized carbons (Fsp3) is 0.612. The van der Waals surface area contributed by atoms with E-state index in [1.54, 1.807) is 7.11 Å². The summed E-state index contributed by atoms with van der Waals surface area (Å²) in [6.45, 7) is 19.8. The van der Waals surface area contributed by atoms with Gasteiger partial charge < -0.3 is 24.1 Å². The molecule has 0 radical (unpaired) electrons. The van der Waals surface area contributed by atoms with Gasteiger partial charge in [-0.15, -0.1) is 11.3 Å². The predicted octanol–water partition coefficient (Wildman–Crippen LogP) is 7.24. The first-order valence-corrected chi connectivity index (χ1v) is 24.1. The minimum atomic E-state index is -0.871. The number of hydrazine groups is 1. The van der Waals surface area contributed by atoms with Crippen LogP contribution in [0.3, 0.4) is 0 Å². The number of thiazole rings is 1. The van der Waals surface area contributed by atoms with Gasteiger partial charge in [-0.1, -0.05) is 40.7 Å². The highest BCUT2D eigenvalue weighted by Gasteiger charge is 2.50. The summed E-state index contributed by atoms with van der Waals surface area (Å²) < 4.78 is 20.1. The van der Waals surface area contributed by atoms with Crippen molar-refractivity contribution in [2.45, 2.75) is 123 Å². The SMILES string of the molecule is CCn1c(-c2cc(C3CCN(C4COC4)CC3)cnc2[C@H](C)OC)c2c3cc(ccc31)-c1csc(n1)[C@@H](C)[C@H](NC(=O)[C@H]1[C@H](C)[C@@H]1C)C(=O)N1CCC[C@H](N1)C(=O)OCC(C)(C)C2. The maximum absolute atomic E-state index is 14.5. The van der Waals surface area contributed by atoms with Crippen LogP contribution < -0.4 is 10.7 Å². The van der Waals surface area contributed by atoms with Gasteiger partial charge in [0.05, 0.1) is 54.1 Å². The van der Waals surface area contributed by atoms with E-state index in [1.165, 1.54) is 27.5 Å². The van der Waals surface area contributed by atoms with E-state index in [2.05, 4.69) is 97.6 Å². The number of likely N-dealkylation sites (tertiary alicyclic amines) is 1. The molecule has 2 amide bonds. The third kappa shape index (κ3) is 8.46. The monoisotopic (exact) mass is 879 g/mol. The molecule has 4 fully saturated rings. The van der Waals surface area contributed by atoms with Crippen LogP contribution in [0.5, 0.6) is 0 Å². The summed E-state index contributed by atoms with van der Waals surface area (Å²) in [6, 6.07) is 7.96. The molecule has 14 heteroatoms. The Morgan fingerprint density at radius 2 is 1.84 bits per heavy atom. The van der Waals surface area contributed by atoms with Gasteiger partial charge in [-0.05, 0) is 106 Å². The van der Waals surface area contributed by atoms with Crippen LogP contribution in [0.25, 0.3) is 33.4 Å². The van der Waals surface area contributed by atoms with Gasteiger partial charge >= 0.3 is 5.97 Å². The van der Waals surface area contributed by atoms with E-state index in [-0.39, 0.29) is 48.2 Å². The predicted molar refractivity (Wildman–Crippen MR) is 244 cm³/mol. The van der Waals surface area contributed by atoms with Crippen molar-refractivity contribution in [1.29, 1.82) is 0 Å². The van der Waals surface area contributed by atoms with Crippen molar-refractivity contribution in [2.75, 3.05) is 46.6 Å². The zero-order valence-electron chi connectivity index (χ0n) is 38.2. The number of rotatable bonds is 8. The molecule has 2 N–H and O–H groups in total. The van der Waals surface area contributed by atoms with E-state index in [9.17, 15) is 14.4 Å². The molecular weight excluding hydrogens is 815 g/mol. The van der Waals surface area contributed by atoms with Crippen LogP contribution in [0.4, 0.5) is 0 Å². The fourth-order valence-corrected chi connectivity index (χ4v) is 11.4. The van der Waals surface area contributed by atoms with E-state index in [4.69, 9.17) is 24.2 Å². The number of aryl methyl sites for hydroxylation is 1. The van der Waals surface area contributed by atoms with E-state index in [1.807, 2.05) is 6.92 Å². The molecule has 0 unspecified atom stereocenters. The Bertz CT molecular complexity index is 2360. The molecule has 338 valence electrons. The van der Waals surface area contributed by atoms with Gasteiger partial charge in [0.15, 0.2) is 0 Å². The standard InChI is InChI=1S/C49H65N7O6S/c1-9-55-40-13-12-32-19-35(40)37(44(55)36-20-33(22-50-43(36)30(5)60-8)31-14-17-54(18-15-31)34-23-61-24-34)21-49(6,7)26-62-48(59)38-11-10-16-56(53-38)47(58)42(29(4)46-51-39(32)25-63-46)52-45(57)41-27(2)28(41)3/h12-13,19-20,22,25,27-31,34,38,41-42,53H,9-11,14-18,21,23-24,26H2,1-8H3,(H,52,57)/t27-,28+,29-,30-,38-,41+,42-/m0/s1. The first-order valence-electron chi connectivity index (χ1n) is 23.3. The Kier molecular flexibility index (Phi) is 12.3. The summed E-state index contributed by atoms with van der Waals surface area (Å²) in [7, 11) is 1.74. The molecule has 1 saturated carbocycles. The van der Waals surface area contributed by atoms with Crippen molar-refractivity contribution in [3.8, 4) is 22.5 Å². The summed E-state index contributed by atoms with van der Waals surface area (Å²) in [6.07, 6.45) is 5.76. The number of ether oxygens (including phenoxy) is 3. The number of carbonyl (C=O) groups is 3. The van der Waals surface area contributed by atoms with Gasteiger partial charge in [-0.2, -0.15) is 0 Å². The molecule has 6 bridgehead atoms. The second-order valence-corrected chi connectivity index (χ2v) is 20.6. The lowest BCUT2D eigenvalue weighted by Gasteiger charge is -2.41. The number of esters is 1. The summed E-state index contributed by atoms with van der Waals surface area (Å²) in [5.41, 5.74) is 11.1. The smallest absolute Gasteiger partial charge is 0.324 e. The zero-order chi connectivity index (χ0) is 44.3. The average Bonchev–Trinajstić information content (AvgIpc) is 3.55. The average molecular weight is 880 g/mol. The first kappa shape index (κ1) is 44.0. The minimum Gasteiger partial charge on any atom is -0.464 e. The maximum Gasteiger partial charge on any atom is 0.324 e. The van der Waals surface area contributed by atoms with Crippen molar-refractivity contribution in [3.63, 3.8) is 0 Å². The van der Waals surface area contributed by atoms with E-state index in [0.717, 1.165) is 89.8 Å². The van der Waals surface area contributed by atoms with E-state index < -0.39 is 23.4 Å². The molecule has 5 aliphatic rings. The molecule has 3 aromatic heterocycles. The Hall–Kier alpha value is -4.21. The summed E-state index contributed by atoms with van der Waals surface area (Å²) >= 11 is 1.51. The van der Waals surface area contributed by atoms with Crippen molar-refractivity contribution in [3.05, 3.63) is 57.7 Å². The number of methoxy groups -OCH3 is 1. The number of nitrogens with zero attached hydrogens (tertiary/aromatic N) is 5. The Balaban J connectivity index is 1.15. The molecule has 4 aliphatic heterocycles. The normalized spacial score (nSPS) is 27.7. The third-order valence-corrected chi connectivity index (χ3v) is 16.0. The lowest BCUT2D eigenvalue weighted by Crippen LogP contribution is -2.61. The summed E-state index contributed by atoms with van der Waals surface area (Å²) in [4.78, 5) is 55.0. The molecule has 13 nitrogen and oxygen atoms in total. The molecule has 3 saturated heterocycles. The topological polar surface area (TPSA) is 140 Å². The number of aromatic nitrogens is 3. The molecule has 7 atom stereocenters. The number of benzene rings is 1. The molecule has 7 heterocycles. The number of piperidine rings is 1. The molecular formula is C49H65N7O6S. The Labute approximate surface area is 375 Å². The summed E-state index contributed by atoms with van der Waals surface area (Å²) in [5.74, 6) is -0.428. The van der Waals surface area contributed by atoms with E-state index in [0.29, 0.717) is 37.8 Å². The van der Waals surface area contributed by atoms with Gasteiger partial charge in [-0.3, -0.25) is 29.3 Å². The van der Waals surface area contributed by atoms with Crippen LogP contribution >= 0.6 is 11.3 Å². The second kappa shape index (κ2) is 17.6. The number of hydrogen-bond donors (Lipinski definition) is 2. The van der Waals surface area contributed by atoms with Crippen LogP contribution in [-0.2, 0) is 41.6 Å². The van der Waals surface area contributed by atoms with Crippen LogP contribution in [0.2, 0.25) is 0 Å². The van der Waals surface area contributed by atoms with Gasteiger partial charge in [-0.25, -0.2) is 10.4 Å². The number of nitrogens with one attached hydrogen (secondary N) is 2. The van der Waals surface area contributed by atoms with E-state index >= 15 is 0 Å². The highest BCUT2D eigenvalue weighted by molar-refractivity contribution is 7.10. The van der Waals surface area contributed by atoms with Gasteiger partial charge in [0.25, 0.3) is 5.91 Å². The van der Waals surface area contributed by atoms with Crippen LogP contribution in [0.1, 0.15) is 114 Å². The third-order valence-electron chi connectivity index (χ3n) is 14.9. The highest BCUT2D eigenvalue weighted by atomic mass is 32.1. The number of pyridine rings is 1. The zero-order valence-corrected chi connectivity index (χ0v) is 39.1. The van der Waals surface area contributed by atoms with Crippen LogP contribution in [0.15, 0.2) is 35.8 Å². The minimum absolute atomic E-state index is 0.114. The lowest BCUT2D eigenvalue weighted by molar-refractivity contribution is -0.155. The molecule has 9 rings (SSSR count). The number of cyclic esters (lactones) is 1. The van der Waals surface area contributed by atoms with Crippen molar-refractivity contribution >= 4 is 40.0 Å². The van der Waals surface area contributed by atoms with Gasteiger partial charge in [0, 0.05) is 71.1 Å². The first-order chi connectivity index (χ1) is 30.3. The lowest BCUT2D eigenvalue weighted by atomic mass is 9.83. The quantitative estimate of drug-likeness (QED) is 0.174. The fourth-order valence-electron chi connectivity index (χ4n) is 10.5.